The molecule has 0 radical (unpaired) electrons. The topological polar surface area (TPSA) is 61.8 Å². The predicted molar refractivity (Wildman–Crippen MR) is 79.6 cm³/mol. The van der Waals surface area contributed by atoms with Crippen molar-refractivity contribution >= 4 is 6.03 Å². The van der Waals surface area contributed by atoms with E-state index in [1.54, 1.807) is 7.05 Å². The van der Waals surface area contributed by atoms with Crippen molar-refractivity contribution in [3.63, 3.8) is 0 Å². The lowest BCUT2D eigenvalue weighted by atomic mass is 9.78. The smallest absolute Gasteiger partial charge is 0.317 e. The highest BCUT2D eigenvalue weighted by molar-refractivity contribution is 5.74. The number of ether oxygens (including phenoxy) is 1. The molecule has 2 N–H and O–H groups in total. The van der Waals surface area contributed by atoms with Gasteiger partial charge in [-0.15, -0.1) is 0 Å². The van der Waals surface area contributed by atoms with Crippen LogP contribution in [0.25, 0.3) is 0 Å². The average molecular weight is 286 g/mol. The third kappa shape index (κ3) is 4.63. The van der Waals surface area contributed by atoms with E-state index in [0.717, 1.165) is 19.4 Å². The maximum atomic E-state index is 12.0. The van der Waals surface area contributed by atoms with E-state index in [1.807, 2.05) is 6.92 Å². The second-order valence-corrected chi connectivity index (χ2v) is 6.89. The van der Waals surface area contributed by atoms with Crippen LogP contribution < -0.4 is 5.32 Å². The first-order chi connectivity index (χ1) is 9.27. The van der Waals surface area contributed by atoms with Crippen molar-refractivity contribution in [1.29, 1.82) is 0 Å². The Morgan fingerprint density at radius 3 is 2.70 bits per heavy atom. The Balaban J connectivity index is 2.52. The van der Waals surface area contributed by atoms with E-state index in [4.69, 9.17) is 9.84 Å². The molecule has 0 aromatic heterocycles. The van der Waals surface area contributed by atoms with Gasteiger partial charge in [-0.25, -0.2) is 4.79 Å². The maximum Gasteiger partial charge on any atom is 0.317 e. The van der Waals surface area contributed by atoms with Gasteiger partial charge in [-0.3, -0.25) is 0 Å². The van der Waals surface area contributed by atoms with Gasteiger partial charge in [-0.05, 0) is 25.2 Å². The number of likely N-dealkylation sites (N-methyl/N-ethyl adjacent to an activating group) is 1. The summed E-state index contributed by atoms with van der Waals surface area (Å²) in [7, 11) is 1.70. The van der Waals surface area contributed by atoms with Gasteiger partial charge in [0.1, 0.15) is 0 Å². The van der Waals surface area contributed by atoms with Crippen LogP contribution in [0.4, 0.5) is 4.79 Å². The van der Waals surface area contributed by atoms with Gasteiger partial charge in [-0.2, -0.15) is 0 Å². The number of aliphatic hydroxyl groups excluding tert-OH is 1. The second kappa shape index (κ2) is 7.27. The first kappa shape index (κ1) is 17.2. The number of hydrogen-bond acceptors (Lipinski definition) is 3. The predicted octanol–water partition coefficient (Wildman–Crippen LogP) is 1.85. The zero-order chi connectivity index (χ0) is 15.3. The van der Waals surface area contributed by atoms with Gasteiger partial charge in [0, 0.05) is 26.1 Å². The fourth-order valence-corrected chi connectivity index (χ4v) is 2.68. The molecule has 0 aromatic rings. The van der Waals surface area contributed by atoms with Crippen LogP contribution in [0.1, 0.15) is 40.5 Å². The first-order valence-corrected chi connectivity index (χ1v) is 7.50. The summed E-state index contributed by atoms with van der Waals surface area (Å²) in [6.07, 6.45) is 2.31. The summed E-state index contributed by atoms with van der Waals surface area (Å²) < 4.78 is 5.91. The van der Waals surface area contributed by atoms with Gasteiger partial charge in [0.05, 0.1) is 18.8 Å². The second-order valence-electron chi connectivity index (χ2n) is 6.89. The summed E-state index contributed by atoms with van der Waals surface area (Å²) in [5, 5.41) is 12.0. The summed E-state index contributed by atoms with van der Waals surface area (Å²) in [5.74, 6) is 0.352. The van der Waals surface area contributed by atoms with Crippen LogP contribution in [0.5, 0.6) is 0 Å². The Labute approximate surface area is 122 Å². The number of aliphatic hydroxyl groups is 1. The van der Waals surface area contributed by atoms with Gasteiger partial charge in [0.2, 0.25) is 0 Å². The van der Waals surface area contributed by atoms with Crippen molar-refractivity contribution in [2.24, 2.45) is 11.3 Å². The molecule has 0 saturated carbocycles. The van der Waals surface area contributed by atoms with Gasteiger partial charge < -0.3 is 20.1 Å². The molecule has 1 fully saturated rings. The molecular weight excluding hydrogens is 256 g/mol. The van der Waals surface area contributed by atoms with E-state index in [2.05, 4.69) is 26.1 Å². The normalized spacial score (nSPS) is 25.1. The van der Waals surface area contributed by atoms with E-state index >= 15 is 0 Å². The summed E-state index contributed by atoms with van der Waals surface area (Å²) in [4.78, 5) is 13.5. The molecule has 2 amide bonds. The molecule has 1 heterocycles. The minimum absolute atomic E-state index is 0.0267. The van der Waals surface area contributed by atoms with E-state index < -0.39 is 0 Å². The fraction of sp³-hybridized carbons (Fsp3) is 0.933. The number of nitrogens with one attached hydrogen (secondary N) is 1. The van der Waals surface area contributed by atoms with Gasteiger partial charge in [0.25, 0.3) is 0 Å². The number of nitrogens with zero attached hydrogens (tertiary/aromatic N) is 1. The maximum absolute atomic E-state index is 12.0. The standard InChI is InChI=1S/C15H30N2O3/c1-11(10-18)17(5)14(19)16-9-12-7-6-8-20-13(12)15(2,3)4/h11-13,18H,6-10H2,1-5H3,(H,16,19). The van der Waals surface area contributed by atoms with E-state index in [-0.39, 0.29) is 30.2 Å². The summed E-state index contributed by atoms with van der Waals surface area (Å²) in [5.41, 5.74) is 0.0834. The highest BCUT2D eigenvalue weighted by Crippen LogP contribution is 2.33. The van der Waals surface area contributed by atoms with Gasteiger partial charge in [0.15, 0.2) is 0 Å². The first-order valence-electron chi connectivity index (χ1n) is 7.50. The lowest BCUT2D eigenvalue weighted by Crippen LogP contribution is -2.49. The summed E-state index contributed by atoms with van der Waals surface area (Å²) in [6, 6.07) is -0.305. The molecule has 0 aromatic carbocycles. The highest BCUT2D eigenvalue weighted by Gasteiger charge is 2.35. The molecule has 1 aliphatic heterocycles. The average Bonchev–Trinajstić information content (AvgIpc) is 2.42. The minimum atomic E-state index is -0.170. The van der Waals surface area contributed by atoms with Crippen molar-refractivity contribution in [1.82, 2.24) is 10.2 Å². The van der Waals surface area contributed by atoms with Crippen molar-refractivity contribution in [3.05, 3.63) is 0 Å². The molecule has 5 heteroatoms. The Morgan fingerprint density at radius 2 is 2.15 bits per heavy atom. The van der Waals surface area contributed by atoms with Crippen LogP contribution in [0.3, 0.4) is 0 Å². The molecule has 1 rings (SSSR count). The van der Waals surface area contributed by atoms with Crippen molar-refractivity contribution in [2.45, 2.75) is 52.7 Å². The van der Waals surface area contributed by atoms with E-state index in [1.165, 1.54) is 4.90 Å². The van der Waals surface area contributed by atoms with E-state index in [9.17, 15) is 4.79 Å². The molecular formula is C15H30N2O3. The SMILES string of the molecule is CC(CO)N(C)C(=O)NCC1CCCOC1C(C)(C)C. The van der Waals surface area contributed by atoms with Crippen molar-refractivity contribution in [2.75, 3.05) is 26.8 Å². The molecule has 0 bridgehead atoms. The van der Waals surface area contributed by atoms with Crippen LogP contribution in [0.15, 0.2) is 0 Å². The molecule has 3 unspecified atom stereocenters. The number of hydrogen-bond donors (Lipinski definition) is 2. The fourth-order valence-electron chi connectivity index (χ4n) is 2.68. The monoisotopic (exact) mass is 286 g/mol. The summed E-state index contributed by atoms with van der Waals surface area (Å²) in [6.45, 7) is 9.77. The highest BCUT2D eigenvalue weighted by atomic mass is 16.5. The zero-order valence-corrected chi connectivity index (χ0v) is 13.5. The number of amides is 2. The molecule has 0 spiro atoms. The Kier molecular flexibility index (Phi) is 6.27. The van der Waals surface area contributed by atoms with E-state index in [0.29, 0.717) is 12.5 Å². The molecule has 118 valence electrons. The number of carbonyl (C=O) groups is 1. The molecule has 1 aliphatic rings. The van der Waals surface area contributed by atoms with Crippen molar-refractivity contribution in [3.8, 4) is 0 Å². The van der Waals surface area contributed by atoms with Crippen LogP contribution in [0.2, 0.25) is 0 Å². The lowest BCUT2D eigenvalue weighted by molar-refractivity contribution is -0.0839. The molecule has 1 saturated heterocycles. The van der Waals surface area contributed by atoms with Gasteiger partial charge in [-0.1, -0.05) is 20.8 Å². The number of urea groups is 1. The quantitative estimate of drug-likeness (QED) is 0.829. The largest absolute Gasteiger partial charge is 0.394 e. The molecule has 5 nitrogen and oxygen atoms in total. The Bertz CT molecular complexity index is 315. The Hall–Kier alpha value is -0.810. The molecule has 3 atom stereocenters. The molecule has 0 aliphatic carbocycles. The number of carbonyl (C=O) groups excluding carboxylic acids is 1. The minimum Gasteiger partial charge on any atom is -0.394 e. The lowest BCUT2D eigenvalue weighted by Gasteiger charge is -2.40. The summed E-state index contributed by atoms with van der Waals surface area (Å²) >= 11 is 0. The van der Waals surface area contributed by atoms with Crippen molar-refractivity contribution < 1.29 is 14.6 Å². The van der Waals surface area contributed by atoms with Crippen LogP contribution in [0, 0.1) is 11.3 Å². The third-order valence-electron chi connectivity index (χ3n) is 4.06. The number of rotatable bonds is 4. The third-order valence-corrected chi connectivity index (χ3v) is 4.06. The van der Waals surface area contributed by atoms with Gasteiger partial charge >= 0.3 is 6.03 Å². The van der Waals surface area contributed by atoms with Crippen LogP contribution in [-0.2, 0) is 4.74 Å². The van der Waals surface area contributed by atoms with Crippen LogP contribution >= 0.6 is 0 Å². The molecule has 20 heavy (non-hydrogen) atoms. The Morgan fingerprint density at radius 1 is 1.50 bits per heavy atom. The zero-order valence-electron chi connectivity index (χ0n) is 13.5. The van der Waals surface area contributed by atoms with Crippen LogP contribution in [-0.4, -0.2) is 55.0 Å².